The van der Waals surface area contributed by atoms with Gasteiger partial charge in [0.25, 0.3) is 0 Å². The van der Waals surface area contributed by atoms with Crippen LogP contribution in [0.4, 0.5) is 0 Å². The summed E-state index contributed by atoms with van der Waals surface area (Å²) in [6.45, 7) is 3.30. The van der Waals surface area contributed by atoms with Crippen LogP contribution in [0.5, 0.6) is 0 Å². The number of benzene rings is 1. The van der Waals surface area contributed by atoms with E-state index in [1.165, 1.54) is 0 Å². The van der Waals surface area contributed by atoms with Gasteiger partial charge in [-0.05, 0) is 50.0 Å². The summed E-state index contributed by atoms with van der Waals surface area (Å²) >= 11 is 11.9. The first-order valence-electron chi connectivity index (χ1n) is 7.95. The molecule has 0 unspecified atom stereocenters. The maximum Gasteiger partial charge on any atom is 0.220 e. The molecule has 1 saturated heterocycles. The Labute approximate surface area is 147 Å². The zero-order valence-electron chi connectivity index (χ0n) is 13.5. The monoisotopic (exact) mass is 358 g/mol. The SMILES string of the molecule is COCC1(CNC(=O)CCc2ccc(Cl)c(Cl)c2)CCNCC1. The van der Waals surface area contributed by atoms with Gasteiger partial charge in [-0.25, -0.2) is 0 Å². The summed E-state index contributed by atoms with van der Waals surface area (Å²) in [6.07, 6.45) is 3.14. The quantitative estimate of drug-likeness (QED) is 0.787. The first-order valence-corrected chi connectivity index (χ1v) is 8.70. The van der Waals surface area contributed by atoms with Crippen molar-refractivity contribution in [2.24, 2.45) is 5.41 Å². The van der Waals surface area contributed by atoms with Crippen LogP contribution < -0.4 is 10.6 Å². The summed E-state index contributed by atoms with van der Waals surface area (Å²) < 4.78 is 5.36. The second-order valence-electron chi connectivity index (χ2n) is 6.21. The number of rotatable bonds is 7. The van der Waals surface area contributed by atoms with Gasteiger partial charge in [-0.2, -0.15) is 0 Å². The van der Waals surface area contributed by atoms with Gasteiger partial charge in [0.1, 0.15) is 0 Å². The molecule has 1 fully saturated rings. The van der Waals surface area contributed by atoms with Crippen molar-refractivity contribution in [3.63, 3.8) is 0 Å². The molecule has 1 aliphatic rings. The maximum atomic E-state index is 12.1. The fraction of sp³-hybridized carbons (Fsp3) is 0.588. The van der Waals surface area contributed by atoms with E-state index >= 15 is 0 Å². The second-order valence-corrected chi connectivity index (χ2v) is 7.02. The zero-order valence-corrected chi connectivity index (χ0v) is 15.0. The molecule has 1 heterocycles. The molecule has 1 amide bonds. The van der Waals surface area contributed by atoms with Crippen LogP contribution in [0.1, 0.15) is 24.8 Å². The largest absolute Gasteiger partial charge is 0.384 e. The van der Waals surface area contributed by atoms with Crippen molar-refractivity contribution in [1.82, 2.24) is 10.6 Å². The molecule has 0 radical (unpaired) electrons. The molecule has 0 bridgehead atoms. The van der Waals surface area contributed by atoms with E-state index in [0.29, 0.717) is 36.0 Å². The molecule has 0 aliphatic carbocycles. The fourth-order valence-electron chi connectivity index (χ4n) is 2.96. The summed E-state index contributed by atoms with van der Waals surface area (Å²) in [7, 11) is 1.72. The van der Waals surface area contributed by atoms with Crippen molar-refractivity contribution >= 4 is 29.1 Å². The molecule has 0 spiro atoms. The molecule has 0 saturated carbocycles. The van der Waals surface area contributed by atoms with Crippen LogP contribution in [0.2, 0.25) is 10.0 Å². The van der Waals surface area contributed by atoms with Gasteiger partial charge in [0.05, 0.1) is 16.7 Å². The highest BCUT2D eigenvalue weighted by Crippen LogP contribution is 2.28. The molecular formula is C17H24Cl2N2O2. The summed E-state index contributed by atoms with van der Waals surface area (Å²) in [4.78, 5) is 12.1. The molecule has 0 aromatic heterocycles. The second kappa shape index (κ2) is 8.88. The highest BCUT2D eigenvalue weighted by Gasteiger charge is 2.32. The van der Waals surface area contributed by atoms with E-state index in [-0.39, 0.29) is 11.3 Å². The van der Waals surface area contributed by atoms with E-state index in [1.54, 1.807) is 13.2 Å². The third-order valence-corrected chi connectivity index (χ3v) is 5.14. The van der Waals surface area contributed by atoms with Crippen LogP contribution in [-0.4, -0.2) is 39.3 Å². The number of methoxy groups -OCH3 is 1. The first kappa shape index (κ1) is 18.5. The Bertz CT molecular complexity index is 526. The van der Waals surface area contributed by atoms with Crippen LogP contribution in [0.15, 0.2) is 18.2 Å². The number of piperidine rings is 1. The van der Waals surface area contributed by atoms with E-state index in [9.17, 15) is 4.79 Å². The number of carbonyl (C=O) groups excluding carboxylic acids is 1. The number of amides is 1. The lowest BCUT2D eigenvalue weighted by molar-refractivity contribution is -0.122. The van der Waals surface area contributed by atoms with Crippen molar-refractivity contribution in [3.8, 4) is 0 Å². The topological polar surface area (TPSA) is 50.4 Å². The molecule has 1 aromatic carbocycles. The third-order valence-electron chi connectivity index (χ3n) is 4.40. The lowest BCUT2D eigenvalue weighted by Gasteiger charge is -2.37. The number of hydrogen-bond acceptors (Lipinski definition) is 3. The number of hydrogen-bond donors (Lipinski definition) is 2. The Morgan fingerprint density at radius 3 is 2.70 bits per heavy atom. The Morgan fingerprint density at radius 1 is 1.30 bits per heavy atom. The number of nitrogens with one attached hydrogen (secondary N) is 2. The van der Waals surface area contributed by atoms with Crippen LogP contribution in [0.25, 0.3) is 0 Å². The molecule has 4 nitrogen and oxygen atoms in total. The molecule has 2 rings (SSSR count). The van der Waals surface area contributed by atoms with Crippen molar-refractivity contribution < 1.29 is 9.53 Å². The van der Waals surface area contributed by atoms with Crippen molar-refractivity contribution in [2.45, 2.75) is 25.7 Å². The van der Waals surface area contributed by atoms with E-state index in [4.69, 9.17) is 27.9 Å². The smallest absolute Gasteiger partial charge is 0.220 e. The highest BCUT2D eigenvalue weighted by molar-refractivity contribution is 6.42. The Morgan fingerprint density at radius 2 is 2.04 bits per heavy atom. The van der Waals surface area contributed by atoms with Gasteiger partial charge in [0, 0.05) is 25.5 Å². The van der Waals surface area contributed by atoms with Crippen LogP contribution in [-0.2, 0) is 16.0 Å². The molecule has 23 heavy (non-hydrogen) atoms. The summed E-state index contributed by atoms with van der Waals surface area (Å²) in [5.74, 6) is 0.0603. The summed E-state index contributed by atoms with van der Waals surface area (Å²) in [5, 5.41) is 7.48. The van der Waals surface area contributed by atoms with E-state index in [1.807, 2.05) is 12.1 Å². The van der Waals surface area contributed by atoms with Gasteiger partial charge >= 0.3 is 0 Å². The number of ether oxygens (including phenoxy) is 1. The highest BCUT2D eigenvalue weighted by atomic mass is 35.5. The van der Waals surface area contributed by atoms with Gasteiger partial charge in [-0.15, -0.1) is 0 Å². The lowest BCUT2D eigenvalue weighted by atomic mass is 9.79. The Hall–Kier alpha value is -0.810. The van der Waals surface area contributed by atoms with E-state index in [0.717, 1.165) is 31.5 Å². The van der Waals surface area contributed by atoms with Gasteiger partial charge in [0.15, 0.2) is 0 Å². The minimum atomic E-state index is 0.0548. The van der Waals surface area contributed by atoms with Gasteiger partial charge in [0.2, 0.25) is 5.91 Å². The predicted octanol–water partition coefficient (Wildman–Crippen LogP) is 3.06. The molecule has 6 heteroatoms. The van der Waals surface area contributed by atoms with Gasteiger partial charge in [-0.3, -0.25) is 4.79 Å². The van der Waals surface area contributed by atoms with Crippen molar-refractivity contribution in [3.05, 3.63) is 33.8 Å². The van der Waals surface area contributed by atoms with Gasteiger partial charge in [-0.1, -0.05) is 29.3 Å². The van der Waals surface area contributed by atoms with Crippen molar-refractivity contribution in [2.75, 3.05) is 33.4 Å². The molecule has 2 N–H and O–H groups in total. The molecule has 0 atom stereocenters. The number of aryl methyl sites for hydroxylation is 1. The summed E-state index contributed by atoms with van der Waals surface area (Å²) in [5.41, 5.74) is 1.07. The molecule has 1 aromatic rings. The van der Waals surface area contributed by atoms with Crippen LogP contribution in [0.3, 0.4) is 0 Å². The summed E-state index contributed by atoms with van der Waals surface area (Å²) in [6, 6.07) is 5.48. The number of carbonyl (C=O) groups is 1. The minimum absolute atomic E-state index is 0.0548. The third kappa shape index (κ3) is 5.64. The lowest BCUT2D eigenvalue weighted by Crippen LogP contribution is -2.47. The standard InChI is InChI=1S/C17H24Cl2N2O2/c1-23-12-17(6-8-20-9-7-17)11-21-16(22)5-3-13-2-4-14(18)15(19)10-13/h2,4,10,20H,3,5-9,11-12H2,1H3,(H,21,22). The fourth-order valence-corrected chi connectivity index (χ4v) is 3.28. The Kier molecular flexibility index (Phi) is 7.15. The maximum absolute atomic E-state index is 12.1. The van der Waals surface area contributed by atoms with Gasteiger partial charge < -0.3 is 15.4 Å². The average molecular weight is 359 g/mol. The predicted molar refractivity (Wildman–Crippen MR) is 94.2 cm³/mol. The van der Waals surface area contributed by atoms with Crippen LogP contribution in [0, 0.1) is 5.41 Å². The minimum Gasteiger partial charge on any atom is -0.384 e. The normalized spacial score (nSPS) is 17.0. The Balaban J connectivity index is 1.80. The molecular weight excluding hydrogens is 335 g/mol. The average Bonchev–Trinajstić information content (AvgIpc) is 2.55. The van der Waals surface area contributed by atoms with E-state index in [2.05, 4.69) is 10.6 Å². The molecule has 128 valence electrons. The van der Waals surface area contributed by atoms with Crippen molar-refractivity contribution in [1.29, 1.82) is 0 Å². The van der Waals surface area contributed by atoms with Crippen LogP contribution >= 0.6 is 23.2 Å². The first-order chi connectivity index (χ1) is 11.0. The zero-order chi connectivity index (χ0) is 16.7. The van der Waals surface area contributed by atoms with E-state index < -0.39 is 0 Å². The number of halogens is 2. The molecule has 1 aliphatic heterocycles.